The van der Waals surface area contributed by atoms with Gasteiger partial charge in [-0.3, -0.25) is 18.4 Å². The molecular weight excluding hydrogens is 726 g/mol. The number of carbonyl (C=O) groups is 3. The van der Waals surface area contributed by atoms with Gasteiger partial charge in [-0.1, -0.05) is 36.4 Å². The van der Waals surface area contributed by atoms with Gasteiger partial charge in [0, 0.05) is 19.8 Å². The first-order valence-electron chi connectivity index (χ1n) is 15.2. The van der Waals surface area contributed by atoms with E-state index < -0.39 is 45.8 Å². The molecule has 0 saturated heterocycles. The van der Waals surface area contributed by atoms with E-state index in [1.54, 1.807) is 55.5 Å². The number of hydrogen-bond acceptors (Lipinski definition) is 11. The average molecular weight is 763 g/mol. The highest BCUT2D eigenvalue weighted by molar-refractivity contribution is 7.46. The monoisotopic (exact) mass is 762 g/mol. The van der Waals surface area contributed by atoms with Crippen LogP contribution in [0.25, 0.3) is 5.69 Å². The number of benzene rings is 3. The maximum absolute atomic E-state index is 13.9. The smallest absolute Gasteiger partial charge is 0.469 e. The molecule has 52 heavy (non-hydrogen) atoms. The Bertz CT molecular complexity index is 1980. The van der Waals surface area contributed by atoms with Crippen LogP contribution in [-0.2, 0) is 42.7 Å². The molecular formula is C33H36N2O15P2. The van der Waals surface area contributed by atoms with Gasteiger partial charge in [0.15, 0.2) is 17.1 Å². The van der Waals surface area contributed by atoms with E-state index in [1.807, 2.05) is 0 Å². The van der Waals surface area contributed by atoms with Gasteiger partial charge in [0.2, 0.25) is 5.75 Å². The van der Waals surface area contributed by atoms with Crippen LogP contribution in [-0.4, -0.2) is 74.7 Å². The molecule has 4 aromatic rings. The molecule has 17 nitrogen and oxygen atoms in total. The van der Waals surface area contributed by atoms with E-state index in [0.29, 0.717) is 22.4 Å². The van der Waals surface area contributed by atoms with E-state index in [-0.39, 0.29) is 48.2 Å². The number of aromatic nitrogens is 1. The van der Waals surface area contributed by atoms with Crippen LogP contribution in [0, 0.1) is 0 Å². The second-order valence-corrected chi connectivity index (χ2v) is 13.5. The van der Waals surface area contributed by atoms with Crippen molar-refractivity contribution in [1.29, 1.82) is 0 Å². The van der Waals surface area contributed by atoms with Crippen LogP contribution in [0.5, 0.6) is 17.2 Å². The summed E-state index contributed by atoms with van der Waals surface area (Å²) in [7, 11) is -5.06. The Morgan fingerprint density at radius 2 is 1.19 bits per heavy atom. The number of methoxy groups -OCH3 is 1. The highest BCUT2D eigenvalue weighted by atomic mass is 31.2. The molecule has 19 heteroatoms. The summed E-state index contributed by atoms with van der Waals surface area (Å²) in [6, 6.07) is 18.0. The highest BCUT2D eigenvalue weighted by Crippen LogP contribution is 2.43. The summed E-state index contributed by atoms with van der Waals surface area (Å²) in [6.45, 7) is 0.473. The Hall–Kier alpha value is -4.83. The number of esters is 2. The molecule has 0 aliphatic heterocycles. The molecule has 4 N–H and O–H groups in total. The van der Waals surface area contributed by atoms with Crippen LogP contribution in [0.2, 0.25) is 0 Å². The van der Waals surface area contributed by atoms with Crippen LogP contribution in [0.15, 0.2) is 72.8 Å². The van der Waals surface area contributed by atoms with Crippen molar-refractivity contribution in [2.45, 2.75) is 26.7 Å². The number of hydrogen-bond donors (Lipinski definition) is 4. The lowest BCUT2D eigenvalue weighted by Crippen LogP contribution is -2.26. The number of amides is 1. The molecule has 0 spiro atoms. The highest BCUT2D eigenvalue weighted by Gasteiger charge is 2.37. The summed E-state index contributed by atoms with van der Waals surface area (Å²) < 4.78 is 55.2. The number of phosphoric acid groups is 2. The van der Waals surface area contributed by atoms with Gasteiger partial charge in [0.1, 0.15) is 12.4 Å². The molecule has 1 amide bonds. The van der Waals surface area contributed by atoms with E-state index in [0.717, 1.165) is 0 Å². The minimum atomic E-state index is -4.75. The lowest BCUT2D eigenvalue weighted by molar-refractivity contribution is 0.0509. The molecule has 3 aromatic carbocycles. The molecule has 4 rings (SSSR count). The molecule has 0 aliphatic carbocycles. The molecule has 0 atom stereocenters. The van der Waals surface area contributed by atoms with E-state index in [4.69, 9.17) is 38.5 Å². The van der Waals surface area contributed by atoms with Crippen molar-refractivity contribution < 1.29 is 71.1 Å². The molecule has 278 valence electrons. The quantitative estimate of drug-likeness (QED) is 0.0917. The van der Waals surface area contributed by atoms with Crippen molar-refractivity contribution in [3.05, 3.63) is 106 Å². The van der Waals surface area contributed by atoms with Crippen molar-refractivity contribution in [2.24, 2.45) is 0 Å². The standard InChI is InChI=1S/C33H36N2O15P2/c1-5-46-33(38)28-29(47-18-21-6-8-22(9-7-21)19-48-51(39,40)41)30(50-32(37)24-12-10-23(11-13-24)20-49-52(42,43)44)27(31(36)34(2)3)35(28)25-14-16-26(45-4)17-15-25/h6-17H,5,18-20H2,1-4H3,(H2,39,40,41)(H2,42,43,44). The predicted molar refractivity (Wildman–Crippen MR) is 182 cm³/mol. The SMILES string of the molecule is CCOC(=O)c1c(OCc2ccc(COP(=O)(O)O)cc2)c(OC(=O)c2ccc(COP(=O)(O)O)cc2)c(C(=O)N(C)C)n1-c1ccc(OC)cc1. The zero-order valence-electron chi connectivity index (χ0n) is 28.3. The topological polar surface area (TPSA) is 230 Å². The van der Waals surface area contributed by atoms with Crippen LogP contribution in [0.3, 0.4) is 0 Å². The molecule has 0 radical (unpaired) electrons. The molecule has 1 aromatic heterocycles. The average Bonchev–Trinajstić information content (AvgIpc) is 3.41. The van der Waals surface area contributed by atoms with Gasteiger partial charge in [0.05, 0.1) is 32.5 Å². The van der Waals surface area contributed by atoms with Gasteiger partial charge in [-0.05, 0) is 60.0 Å². The fourth-order valence-electron chi connectivity index (χ4n) is 4.63. The van der Waals surface area contributed by atoms with Crippen molar-refractivity contribution >= 4 is 33.5 Å². The zero-order valence-corrected chi connectivity index (χ0v) is 30.1. The third kappa shape index (κ3) is 10.6. The zero-order chi connectivity index (χ0) is 38.2. The second-order valence-electron chi connectivity index (χ2n) is 11.0. The summed E-state index contributed by atoms with van der Waals surface area (Å²) in [5, 5.41) is 0. The van der Waals surface area contributed by atoms with Crippen molar-refractivity contribution in [2.75, 3.05) is 27.8 Å². The Morgan fingerprint density at radius 1 is 0.692 bits per heavy atom. The first kappa shape index (κ1) is 39.9. The van der Waals surface area contributed by atoms with Crippen molar-refractivity contribution in [3.63, 3.8) is 0 Å². The van der Waals surface area contributed by atoms with Gasteiger partial charge in [-0.15, -0.1) is 0 Å². The van der Waals surface area contributed by atoms with E-state index in [1.165, 1.54) is 54.9 Å². The molecule has 0 unspecified atom stereocenters. The van der Waals surface area contributed by atoms with Gasteiger partial charge < -0.3 is 43.4 Å². The number of ether oxygens (including phenoxy) is 4. The molecule has 0 aliphatic rings. The maximum Gasteiger partial charge on any atom is 0.469 e. The Labute approximate surface area is 297 Å². The molecule has 1 heterocycles. The van der Waals surface area contributed by atoms with Crippen LogP contribution in [0.1, 0.15) is 54.9 Å². The maximum atomic E-state index is 13.9. The third-order valence-corrected chi connectivity index (χ3v) is 8.01. The fourth-order valence-corrected chi connectivity index (χ4v) is 5.26. The summed E-state index contributed by atoms with van der Waals surface area (Å²) in [5.41, 5.74) is 0.995. The number of rotatable bonds is 16. The second kappa shape index (κ2) is 17.1. The minimum absolute atomic E-state index is 0.0304. The Balaban J connectivity index is 1.85. The number of carbonyl (C=O) groups excluding carboxylic acids is 3. The lowest BCUT2D eigenvalue weighted by atomic mass is 10.1. The van der Waals surface area contributed by atoms with Gasteiger partial charge in [0.25, 0.3) is 5.91 Å². The fraction of sp³-hybridized carbons (Fsp3) is 0.242. The third-order valence-electron chi connectivity index (χ3n) is 7.08. The number of nitrogens with zero attached hydrogens (tertiary/aromatic N) is 2. The van der Waals surface area contributed by atoms with Gasteiger partial charge in [-0.2, -0.15) is 0 Å². The molecule has 0 bridgehead atoms. The van der Waals surface area contributed by atoms with Crippen molar-refractivity contribution in [3.8, 4) is 22.9 Å². The van der Waals surface area contributed by atoms with E-state index in [2.05, 4.69) is 9.05 Å². The van der Waals surface area contributed by atoms with Crippen LogP contribution in [0.4, 0.5) is 0 Å². The minimum Gasteiger partial charge on any atom is -0.497 e. The Morgan fingerprint density at radius 3 is 1.65 bits per heavy atom. The first-order chi connectivity index (χ1) is 24.5. The van der Waals surface area contributed by atoms with Crippen molar-refractivity contribution in [1.82, 2.24) is 9.47 Å². The normalized spacial score (nSPS) is 11.5. The summed E-state index contributed by atoms with van der Waals surface area (Å²) in [5.74, 6) is -2.82. The first-order valence-corrected chi connectivity index (χ1v) is 18.3. The molecule has 0 saturated carbocycles. The van der Waals surface area contributed by atoms with Gasteiger partial charge in [-0.25, -0.2) is 18.7 Å². The van der Waals surface area contributed by atoms with Crippen LogP contribution >= 0.6 is 15.6 Å². The van der Waals surface area contributed by atoms with E-state index in [9.17, 15) is 23.5 Å². The van der Waals surface area contributed by atoms with E-state index >= 15 is 0 Å². The summed E-state index contributed by atoms with van der Waals surface area (Å²) in [6.07, 6.45) is 0. The largest absolute Gasteiger partial charge is 0.497 e. The summed E-state index contributed by atoms with van der Waals surface area (Å²) >= 11 is 0. The van der Waals surface area contributed by atoms with Crippen LogP contribution < -0.4 is 14.2 Å². The Kier molecular flexibility index (Phi) is 13.2. The predicted octanol–water partition coefficient (Wildman–Crippen LogP) is 4.38. The summed E-state index contributed by atoms with van der Waals surface area (Å²) in [4.78, 5) is 78.5. The molecule has 0 fully saturated rings. The van der Waals surface area contributed by atoms with Gasteiger partial charge >= 0.3 is 27.6 Å². The number of phosphoric ester groups is 2. The lowest BCUT2D eigenvalue weighted by Gasteiger charge is -2.16.